The minimum atomic E-state index is -0.992. The van der Waals surface area contributed by atoms with Gasteiger partial charge in [-0.1, -0.05) is 18.5 Å². The molecule has 0 radical (unpaired) electrons. The van der Waals surface area contributed by atoms with E-state index < -0.39 is 12.1 Å². The molecule has 1 aromatic heterocycles. The van der Waals surface area contributed by atoms with Crippen LogP contribution in [0.5, 0.6) is 0 Å². The molecule has 0 spiro atoms. The van der Waals surface area contributed by atoms with Crippen LogP contribution < -0.4 is 0 Å². The fourth-order valence-electron chi connectivity index (χ4n) is 1.25. The summed E-state index contributed by atoms with van der Waals surface area (Å²) in [6.45, 7) is 3.59. The Labute approximate surface area is 99.0 Å². The van der Waals surface area contributed by atoms with Crippen molar-refractivity contribution in [1.82, 2.24) is 9.78 Å². The van der Waals surface area contributed by atoms with Gasteiger partial charge in [-0.15, -0.1) is 0 Å². The number of carboxylic acids is 1. The number of aryl methyl sites for hydroxylation is 2. The van der Waals surface area contributed by atoms with E-state index in [1.54, 1.807) is 11.7 Å². The van der Waals surface area contributed by atoms with Crippen molar-refractivity contribution in [3.63, 3.8) is 0 Å². The third kappa shape index (κ3) is 2.74. The SMILES string of the molecule is CCc1nn(C)c(CO[C@@H](C)C(=O)O)c1Cl. The fourth-order valence-corrected chi connectivity index (χ4v) is 1.60. The third-order valence-electron chi connectivity index (χ3n) is 2.32. The number of carbonyl (C=O) groups is 1. The number of aliphatic carboxylic acids is 1. The first-order valence-electron chi connectivity index (χ1n) is 5.02. The number of carboxylic acid groups (broad SMARTS) is 1. The molecule has 0 saturated heterocycles. The molecule has 0 aliphatic carbocycles. The molecule has 1 atom stereocenters. The second-order valence-electron chi connectivity index (χ2n) is 3.48. The van der Waals surface area contributed by atoms with E-state index >= 15 is 0 Å². The highest BCUT2D eigenvalue weighted by Crippen LogP contribution is 2.21. The van der Waals surface area contributed by atoms with Crippen molar-refractivity contribution in [1.29, 1.82) is 0 Å². The predicted molar refractivity (Wildman–Crippen MR) is 59.5 cm³/mol. The molecule has 5 nitrogen and oxygen atoms in total. The van der Waals surface area contributed by atoms with Crippen molar-refractivity contribution in [2.75, 3.05) is 0 Å². The summed E-state index contributed by atoms with van der Waals surface area (Å²) in [5.41, 5.74) is 1.50. The average Bonchev–Trinajstić information content (AvgIpc) is 2.51. The molecule has 0 fully saturated rings. The maximum atomic E-state index is 10.6. The maximum Gasteiger partial charge on any atom is 0.332 e. The van der Waals surface area contributed by atoms with Crippen molar-refractivity contribution in [2.45, 2.75) is 33.0 Å². The van der Waals surface area contributed by atoms with Crippen LogP contribution in [0.3, 0.4) is 0 Å². The van der Waals surface area contributed by atoms with E-state index in [1.165, 1.54) is 6.92 Å². The molecule has 1 aromatic rings. The Bertz CT molecular complexity index is 390. The van der Waals surface area contributed by atoms with Crippen LogP contribution in [-0.2, 0) is 29.6 Å². The molecule has 1 heterocycles. The predicted octanol–water partition coefficient (Wildman–Crippen LogP) is 1.63. The first kappa shape index (κ1) is 13.0. The molecule has 1 rings (SSSR count). The zero-order chi connectivity index (χ0) is 12.3. The fraction of sp³-hybridized carbons (Fsp3) is 0.600. The van der Waals surface area contributed by atoms with Gasteiger partial charge in [-0.05, 0) is 13.3 Å². The number of halogens is 1. The van der Waals surface area contributed by atoms with Crippen molar-refractivity contribution in [3.8, 4) is 0 Å². The van der Waals surface area contributed by atoms with Gasteiger partial charge in [0, 0.05) is 7.05 Å². The molecule has 0 amide bonds. The van der Waals surface area contributed by atoms with Crippen LogP contribution in [0.4, 0.5) is 0 Å². The quantitative estimate of drug-likeness (QED) is 0.858. The Morgan fingerprint density at radius 2 is 2.31 bits per heavy atom. The lowest BCUT2D eigenvalue weighted by Crippen LogP contribution is -2.20. The molecule has 0 saturated carbocycles. The Morgan fingerprint density at radius 1 is 1.69 bits per heavy atom. The van der Waals surface area contributed by atoms with Gasteiger partial charge in [0.2, 0.25) is 0 Å². The van der Waals surface area contributed by atoms with Crippen LogP contribution in [0.1, 0.15) is 25.2 Å². The monoisotopic (exact) mass is 246 g/mol. The van der Waals surface area contributed by atoms with Crippen molar-refractivity contribution in [2.24, 2.45) is 7.05 Å². The zero-order valence-corrected chi connectivity index (χ0v) is 10.3. The molecular formula is C10H15ClN2O3. The summed E-state index contributed by atoms with van der Waals surface area (Å²) in [5, 5.41) is 13.4. The lowest BCUT2D eigenvalue weighted by atomic mass is 10.3. The Morgan fingerprint density at radius 3 is 2.75 bits per heavy atom. The second-order valence-corrected chi connectivity index (χ2v) is 3.85. The average molecular weight is 247 g/mol. The minimum Gasteiger partial charge on any atom is -0.479 e. The summed E-state index contributed by atoms with van der Waals surface area (Å²) in [4.78, 5) is 10.6. The van der Waals surface area contributed by atoms with Crippen molar-refractivity contribution in [3.05, 3.63) is 16.4 Å². The van der Waals surface area contributed by atoms with E-state index in [9.17, 15) is 4.79 Å². The Balaban J connectivity index is 2.74. The van der Waals surface area contributed by atoms with E-state index in [4.69, 9.17) is 21.4 Å². The maximum absolute atomic E-state index is 10.6. The van der Waals surface area contributed by atoms with Gasteiger partial charge in [0.15, 0.2) is 6.10 Å². The number of rotatable bonds is 5. The molecule has 0 unspecified atom stereocenters. The number of aromatic nitrogens is 2. The molecule has 16 heavy (non-hydrogen) atoms. The highest BCUT2D eigenvalue weighted by molar-refractivity contribution is 6.31. The lowest BCUT2D eigenvalue weighted by Gasteiger charge is -2.08. The van der Waals surface area contributed by atoms with E-state index in [1.807, 2.05) is 6.92 Å². The molecule has 0 aliphatic heterocycles. The molecule has 1 N–H and O–H groups in total. The van der Waals surface area contributed by atoms with Crippen LogP contribution in [0.15, 0.2) is 0 Å². The summed E-state index contributed by atoms with van der Waals surface area (Å²) >= 11 is 6.08. The lowest BCUT2D eigenvalue weighted by molar-refractivity contribution is -0.150. The molecule has 0 bridgehead atoms. The second kappa shape index (κ2) is 5.32. The van der Waals surface area contributed by atoms with E-state index in [2.05, 4.69) is 5.10 Å². The van der Waals surface area contributed by atoms with Crippen LogP contribution in [0, 0.1) is 0 Å². The van der Waals surface area contributed by atoms with E-state index in [0.29, 0.717) is 10.7 Å². The van der Waals surface area contributed by atoms with Gasteiger partial charge >= 0.3 is 5.97 Å². The summed E-state index contributed by atoms with van der Waals surface area (Å²) in [7, 11) is 1.76. The highest BCUT2D eigenvalue weighted by Gasteiger charge is 2.16. The molecule has 6 heteroatoms. The van der Waals surface area contributed by atoms with Crippen LogP contribution in [-0.4, -0.2) is 27.0 Å². The molecular weight excluding hydrogens is 232 g/mol. The first-order chi connectivity index (χ1) is 7.47. The normalized spacial score (nSPS) is 12.8. The number of hydrogen-bond donors (Lipinski definition) is 1. The largest absolute Gasteiger partial charge is 0.479 e. The summed E-state index contributed by atoms with van der Waals surface area (Å²) < 4.78 is 6.78. The number of ether oxygens (including phenoxy) is 1. The van der Waals surface area contributed by atoms with Gasteiger partial charge in [-0.3, -0.25) is 4.68 Å². The van der Waals surface area contributed by atoms with Gasteiger partial charge in [-0.2, -0.15) is 5.10 Å². The Hall–Kier alpha value is -1.07. The Kier molecular flexibility index (Phi) is 4.32. The van der Waals surface area contributed by atoms with Crippen LogP contribution in [0.25, 0.3) is 0 Å². The van der Waals surface area contributed by atoms with Gasteiger partial charge in [0.05, 0.1) is 23.0 Å². The van der Waals surface area contributed by atoms with Crippen LogP contribution in [0.2, 0.25) is 5.02 Å². The van der Waals surface area contributed by atoms with Crippen LogP contribution >= 0.6 is 11.6 Å². The van der Waals surface area contributed by atoms with Crippen molar-refractivity contribution < 1.29 is 14.6 Å². The van der Waals surface area contributed by atoms with Gasteiger partial charge < -0.3 is 9.84 Å². The minimum absolute atomic E-state index is 0.149. The first-order valence-corrected chi connectivity index (χ1v) is 5.39. The number of hydrogen-bond acceptors (Lipinski definition) is 3. The molecule has 90 valence electrons. The number of nitrogens with zero attached hydrogens (tertiary/aromatic N) is 2. The third-order valence-corrected chi connectivity index (χ3v) is 2.76. The van der Waals surface area contributed by atoms with Gasteiger partial charge in [-0.25, -0.2) is 4.79 Å². The van der Waals surface area contributed by atoms with E-state index in [-0.39, 0.29) is 6.61 Å². The highest BCUT2D eigenvalue weighted by atomic mass is 35.5. The van der Waals surface area contributed by atoms with E-state index in [0.717, 1.165) is 12.1 Å². The van der Waals surface area contributed by atoms with Crippen molar-refractivity contribution >= 4 is 17.6 Å². The summed E-state index contributed by atoms with van der Waals surface area (Å²) in [6.07, 6.45) is -0.114. The molecule has 0 aliphatic rings. The smallest absolute Gasteiger partial charge is 0.332 e. The topological polar surface area (TPSA) is 64.4 Å². The zero-order valence-electron chi connectivity index (χ0n) is 9.53. The van der Waals surface area contributed by atoms with Gasteiger partial charge in [0.1, 0.15) is 0 Å². The molecule has 0 aromatic carbocycles. The summed E-state index contributed by atoms with van der Waals surface area (Å²) in [6, 6.07) is 0. The standard InChI is InChI=1S/C10H15ClN2O3/c1-4-7-9(11)8(13(3)12-7)5-16-6(2)10(14)15/h6H,4-5H2,1-3H3,(H,14,15)/t6-/m0/s1. The van der Waals surface area contributed by atoms with Gasteiger partial charge in [0.25, 0.3) is 0 Å². The summed E-state index contributed by atoms with van der Waals surface area (Å²) in [5.74, 6) is -0.992.